The first-order valence-corrected chi connectivity index (χ1v) is 17.4. The van der Waals surface area contributed by atoms with Gasteiger partial charge in [-0.3, -0.25) is 0 Å². The van der Waals surface area contributed by atoms with Crippen LogP contribution in [0.2, 0.25) is 0 Å². The summed E-state index contributed by atoms with van der Waals surface area (Å²) in [6, 6.07) is 65.6. The Hall–Kier alpha value is -6.84. The number of fused-ring (bicyclic) bond motifs is 11. The molecular formula is C48H30N2O. The van der Waals surface area contributed by atoms with Crippen LogP contribution in [0.4, 0.5) is 17.1 Å². The van der Waals surface area contributed by atoms with E-state index in [2.05, 4.69) is 185 Å². The van der Waals surface area contributed by atoms with Gasteiger partial charge in [0.1, 0.15) is 11.2 Å². The van der Waals surface area contributed by atoms with E-state index in [-0.39, 0.29) is 0 Å². The summed E-state index contributed by atoms with van der Waals surface area (Å²) in [7, 11) is 0. The van der Waals surface area contributed by atoms with Gasteiger partial charge >= 0.3 is 0 Å². The second kappa shape index (κ2) is 10.8. The third-order valence-electron chi connectivity index (χ3n) is 10.5. The van der Waals surface area contributed by atoms with Crippen LogP contribution < -0.4 is 4.90 Å². The maximum absolute atomic E-state index is 6.52. The fraction of sp³-hybridized carbons (Fsp3) is 0. The van der Waals surface area contributed by atoms with E-state index in [0.717, 1.165) is 50.2 Å². The zero-order valence-electron chi connectivity index (χ0n) is 27.6. The minimum Gasteiger partial charge on any atom is -0.456 e. The van der Waals surface area contributed by atoms with Gasteiger partial charge in [0.05, 0.1) is 33.5 Å². The van der Waals surface area contributed by atoms with Crippen molar-refractivity contribution in [3.63, 3.8) is 0 Å². The normalized spacial score (nSPS) is 11.9. The average molecular weight is 651 g/mol. The van der Waals surface area contributed by atoms with Crippen molar-refractivity contribution in [2.24, 2.45) is 0 Å². The number of benzene rings is 9. The predicted molar refractivity (Wildman–Crippen MR) is 215 cm³/mol. The lowest BCUT2D eigenvalue weighted by atomic mass is 9.94. The second-order valence-electron chi connectivity index (χ2n) is 13.3. The van der Waals surface area contributed by atoms with E-state index in [1.165, 1.54) is 48.6 Å². The van der Waals surface area contributed by atoms with E-state index < -0.39 is 0 Å². The van der Waals surface area contributed by atoms with Gasteiger partial charge in [0.2, 0.25) is 0 Å². The molecule has 9 aromatic carbocycles. The highest BCUT2D eigenvalue weighted by atomic mass is 16.3. The largest absolute Gasteiger partial charge is 0.456 e. The molecule has 238 valence electrons. The molecule has 0 fully saturated rings. The van der Waals surface area contributed by atoms with E-state index in [0.29, 0.717) is 0 Å². The summed E-state index contributed by atoms with van der Waals surface area (Å²) in [5, 5.41) is 12.0. The first-order valence-electron chi connectivity index (χ1n) is 17.4. The molecule has 0 radical (unpaired) electrons. The molecule has 0 aliphatic carbocycles. The van der Waals surface area contributed by atoms with E-state index in [1.807, 2.05) is 6.07 Å². The number of nitrogens with zero attached hydrogens (tertiary/aromatic N) is 2. The molecule has 11 aromatic rings. The average Bonchev–Trinajstić information content (AvgIpc) is 3.75. The summed E-state index contributed by atoms with van der Waals surface area (Å²) in [6.07, 6.45) is 0. The van der Waals surface area contributed by atoms with Gasteiger partial charge in [0.15, 0.2) is 0 Å². The van der Waals surface area contributed by atoms with Crippen LogP contribution in [0.15, 0.2) is 186 Å². The maximum atomic E-state index is 6.52. The molecule has 0 saturated carbocycles. The highest BCUT2D eigenvalue weighted by Crippen LogP contribution is 2.50. The summed E-state index contributed by atoms with van der Waals surface area (Å²) >= 11 is 0. The van der Waals surface area contributed by atoms with Crippen molar-refractivity contribution in [1.29, 1.82) is 0 Å². The fourth-order valence-electron chi connectivity index (χ4n) is 8.41. The Morgan fingerprint density at radius 1 is 0.353 bits per heavy atom. The summed E-state index contributed by atoms with van der Waals surface area (Å²) in [5.74, 6) is 0. The van der Waals surface area contributed by atoms with Gasteiger partial charge in [-0.1, -0.05) is 127 Å². The summed E-state index contributed by atoms with van der Waals surface area (Å²) in [5.41, 5.74) is 8.53. The number of rotatable bonds is 4. The maximum Gasteiger partial charge on any atom is 0.137 e. The van der Waals surface area contributed by atoms with Gasteiger partial charge in [0, 0.05) is 27.2 Å². The topological polar surface area (TPSA) is 21.3 Å². The molecule has 0 N–H and O–H groups in total. The minimum atomic E-state index is 0.869. The molecule has 0 atom stereocenters. The third kappa shape index (κ3) is 4.06. The first-order chi connectivity index (χ1) is 25.3. The van der Waals surface area contributed by atoms with E-state index in [9.17, 15) is 0 Å². The Morgan fingerprint density at radius 2 is 0.961 bits per heavy atom. The van der Waals surface area contributed by atoms with Gasteiger partial charge in [-0.2, -0.15) is 0 Å². The van der Waals surface area contributed by atoms with Gasteiger partial charge in [-0.25, -0.2) is 0 Å². The van der Waals surface area contributed by atoms with Crippen molar-refractivity contribution in [3.8, 4) is 5.69 Å². The molecule has 2 heterocycles. The van der Waals surface area contributed by atoms with Gasteiger partial charge in [0.25, 0.3) is 0 Å². The van der Waals surface area contributed by atoms with Crippen LogP contribution in [0.3, 0.4) is 0 Å². The number of hydrogen-bond acceptors (Lipinski definition) is 2. The molecule has 0 bridgehead atoms. The van der Waals surface area contributed by atoms with Crippen LogP contribution in [-0.2, 0) is 0 Å². The lowest BCUT2D eigenvalue weighted by Gasteiger charge is -2.29. The number of hydrogen-bond donors (Lipinski definition) is 0. The molecule has 0 spiro atoms. The highest BCUT2D eigenvalue weighted by Gasteiger charge is 2.26. The van der Waals surface area contributed by atoms with Gasteiger partial charge < -0.3 is 13.9 Å². The molecule has 3 heteroatoms. The van der Waals surface area contributed by atoms with Gasteiger partial charge in [-0.05, 0) is 81.5 Å². The molecule has 0 aliphatic rings. The highest BCUT2D eigenvalue weighted by molar-refractivity contribution is 6.27. The lowest BCUT2D eigenvalue weighted by molar-refractivity contribution is 0.669. The van der Waals surface area contributed by atoms with Crippen LogP contribution in [0.5, 0.6) is 0 Å². The first kappa shape index (κ1) is 28.0. The lowest BCUT2D eigenvalue weighted by Crippen LogP contribution is -2.11. The zero-order valence-corrected chi connectivity index (χ0v) is 27.6. The minimum absolute atomic E-state index is 0.869. The molecule has 2 aromatic heterocycles. The monoisotopic (exact) mass is 650 g/mol. The Labute approximate surface area is 293 Å². The number of anilines is 3. The van der Waals surface area contributed by atoms with Crippen molar-refractivity contribution in [3.05, 3.63) is 182 Å². The molecule has 0 unspecified atom stereocenters. The van der Waals surface area contributed by atoms with Crippen LogP contribution in [-0.4, -0.2) is 4.57 Å². The molecule has 0 aliphatic heterocycles. The van der Waals surface area contributed by atoms with Crippen LogP contribution >= 0.6 is 0 Å². The second-order valence-corrected chi connectivity index (χ2v) is 13.3. The quantitative estimate of drug-likeness (QED) is 0.177. The molecule has 0 saturated heterocycles. The summed E-state index contributed by atoms with van der Waals surface area (Å²) < 4.78 is 8.91. The smallest absolute Gasteiger partial charge is 0.137 e. The number of aromatic nitrogens is 1. The third-order valence-corrected chi connectivity index (χ3v) is 10.5. The Balaban J connectivity index is 1.35. The molecule has 0 amide bonds. The van der Waals surface area contributed by atoms with Crippen molar-refractivity contribution in [1.82, 2.24) is 4.57 Å². The fourth-order valence-corrected chi connectivity index (χ4v) is 8.41. The molecular weight excluding hydrogens is 621 g/mol. The number of para-hydroxylation sites is 3. The Bertz CT molecular complexity index is 3130. The summed E-state index contributed by atoms with van der Waals surface area (Å²) in [6.45, 7) is 0. The van der Waals surface area contributed by atoms with E-state index in [4.69, 9.17) is 4.42 Å². The van der Waals surface area contributed by atoms with Crippen LogP contribution in [0, 0.1) is 0 Å². The molecule has 3 nitrogen and oxygen atoms in total. The predicted octanol–water partition coefficient (Wildman–Crippen LogP) is 13.6. The Morgan fingerprint density at radius 3 is 1.80 bits per heavy atom. The van der Waals surface area contributed by atoms with Crippen molar-refractivity contribution < 1.29 is 4.42 Å². The summed E-state index contributed by atoms with van der Waals surface area (Å²) in [4.78, 5) is 2.50. The SMILES string of the molecule is c1ccc(-n2c3ccccc3c3c(N(c4cc5ccccc5c5c4ccc4ccccc45)c4cccc5oc6ccccc6c45)cccc32)cc1. The van der Waals surface area contributed by atoms with Gasteiger partial charge in [-0.15, -0.1) is 0 Å². The van der Waals surface area contributed by atoms with Crippen LogP contribution in [0.25, 0.3) is 81.7 Å². The van der Waals surface area contributed by atoms with Crippen LogP contribution in [0.1, 0.15) is 0 Å². The Kier molecular flexibility index (Phi) is 5.96. The van der Waals surface area contributed by atoms with Crippen molar-refractivity contribution in [2.75, 3.05) is 4.90 Å². The van der Waals surface area contributed by atoms with Crippen molar-refractivity contribution in [2.45, 2.75) is 0 Å². The standard InChI is InChI=1S/C48H30N2O/c1-2-16-33(17-3-1)49-39-22-10-8-20-36(39)47-40(49)23-12-24-41(47)50(42-25-13-27-45-48(42)38-21-9-11-26-44(38)51-45)43-30-32-15-5-7-19-35(32)46-34-18-6-4-14-31(34)28-29-37(43)46/h1-30H. The van der Waals surface area contributed by atoms with Crippen molar-refractivity contribution >= 4 is 93.1 Å². The van der Waals surface area contributed by atoms with E-state index >= 15 is 0 Å². The zero-order chi connectivity index (χ0) is 33.5. The number of furan rings is 1. The molecule has 51 heavy (non-hydrogen) atoms. The molecule has 11 rings (SSSR count). The van der Waals surface area contributed by atoms with E-state index in [1.54, 1.807) is 0 Å².